The van der Waals surface area contributed by atoms with Crippen molar-refractivity contribution < 1.29 is 4.39 Å². The van der Waals surface area contributed by atoms with E-state index in [0.29, 0.717) is 0 Å². The third kappa shape index (κ3) is 2.84. The quantitative estimate of drug-likeness (QED) is 0.885. The molecule has 102 valence electrons. The van der Waals surface area contributed by atoms with Crippen molar-refractivity contribution in [2.45, 2.75) is 39.2 Å². The maximum atomic E-state index is 13.3. The average molecular weight is 261 g/mol. The highest BCUT2D eigenvalue weighted by Gasteiger charge is 2.25. The predicted molar refractivity (Wildman–Crippen MR) is 75.2 cm³/mol. The fourth-order valence-corrected chi connectivity index (χ4v) is 2.29. The molecule has 4 heteroatoms. The number of aromatic amines is 1. The van der Waals surface area contributed by atoms with Crippen LogP contribution in [0, 0.1) is 12.7 Å². The Morgan fingerprint density at radius 1 is 1.42 bits per heavy atom. The molecule has 2 aromatic rings. The number of nitrogens with two attached hydrogens (primary N) is 1. The Bertz CT molecular complexity index is 573. The van der Waals surface area contributed by atoms with E-state index in [1.54, 1.807) is 6.07 Å². The minimum atomic E-state index is -0.481. The van der Waals surface area contributed by atoms with E-state index in [9.17, 15) is 4.39 Å². The van der Waals surface area contributed by atoms with Crippen molar-refractivity contribution in [2.24, 2.45) is 5.73 Å². The highest BCUT2D eigenvalue weighted by molar-refractivity contribution is 5.62. The average Bonchev–Trinajstić information content (AvgIpc) is 2.72. The molecule has 0 radical (unpaired) electrons. The first-order valence-electron chi connectivity index (χ1n) is 6.56. The van der Waals surface area contributed by atoms with Crippen molar-refractivity contribution in [3.05, 3.63) is 41.6 Å². The van der Waals surface area contributed by atoms with Crippen molar-refractivity contribution in [1.29, 1.82) is 0 Å². The largest absolute Gasteiger partial charge is 0.344 e. The molecule has 1 aromatic heterocycles. The highest BCUT2D eigenvalue weighted by atomic mass is 19.1. The van der Waals surface area contributed by atoms with Gasteiger partial charge in [-0.3, -0.25) is 0 Å². The Labute approximate surface area is 113 Å². The summed E-state index contributed by atoms with van der Waals surface area (Å²) >= 11 is 0. The number of nitrogens with zero attached hydrogens (tertiary/aromatic N) is 1. The number of H-pyrrole nitrogens is 1. The molecule has 0 aliphatic carbocycles. The van der Waals surface area contributed by atoms with Gasteiger partial charge in [-0.1, -0.05) is 25.5 Å². The van der Waals surface area contributed by atoms with E-state index in [1.807, 2.05) is 19.9 Å². The molecule has 3 N–H and O–H groups in total. The van der Waals surface area contributed by atoms with Crippen molar-refractivity contribution in [2.75, 3.05) is 0 Å². The van der Waals surface area contributed by atoms with Gasteiger partial charge in [0, 0.05) is 11.3 Å². The summed E-state index contributed by atoms with van der Waals surface area (Å²) in [7, 11) is 0. The second-order valence-electron chi connectivity index (χ2n) is 5.24. The van der Waals surface area contributed by atoms with Crippen LogP contribution in [0.4, 0.5) is 4.39 Å². The Kier molecular flexibility index (Phi) is 3.71. The molecule has 19 heavy (non-hydrogen) atoms. The lowest BCUT2D eigenvalue weighted by molar-refractivity contribution is 0.423. The molecule has 3 nitrogen and oxygen atoms in total. The van der Waals surface area contributed by atoms with Crippen LogP contribution in [0.15, 0.2) is 24.3 Å². The summed E-state index contributed by atoms with van der Waals surface area (Å²) < 4.78 is 13.3. The number of rotatable bonds is 4. The number of imidazole rings is 1. The molecule has 1 unspecified atom stereocenters. The summed E-state index contributed by atoms with van der Waals surface area (Å²) in [6.45, 7) is 5.98. The lowest BCUT2D eigenvalue weighted by Gasteiger charge is -2.21. The molecule has 0 amide bonds. The van der Waals surface area contributed by atoms with E-state index in [1.165, 1.54) is 12.1 Å². The van der Waals surface area contributed by atoms with Gasteiger partial charge in [-0.2, -0.15) is 0 Å². The Morgan fingerprint density at radius 3 is 2.79 bits per heavy atom. The number of hydrogen-bond acceptors (Lipinski definition) is 2. The van der Waals surface area contributed by atoms with Crippen molar-refractivity contribution >= 4 is 0 Å². The first-order chi connectivity index (χ1) is 8.94. The van der Waals surface area contributed by atoms with Crippen LogP contribution in [0.25, 0.3) is 11.3 Å². The number of nitrogens with one attached hydrogen (secondary N) is 1. The summed E-state index contributed by atoms with van der Waals surface area (Å²) in [6, 6.07) is 6.45. The number of benzene rings is 1. The zero-order valence-corrected chi connectivity index (χ0v) is 11.6. The van der Waals surface area contributed by atoms with Crippen LogP contribution in [-0.2, 0) is 5.54 Å². The van der Waals surface area contributed by atoms with E-state index >= 15 is 0 Å². The molecule has 2 rings (SSSR count). The minimum Gasteiger partial charge on any atom is -0.344 e. The van der Waals surface area contributed by atoms with Gasteiger partial charge in [-0.15, -0.1) is 0 Å². The normalized spacial score (nSPS) is 14.4. The van der Waals surface area contributed by atoms with Gasteiger partial charge in [0.1, 0.15) is 11.6 Å². The van der Waals surface area contributed by atoms with Crippen LogP contribution >= 0.6 is 0 Å². The van der Waals surface area contributed by atoms with Gasteiger partial charge in [0.15, 0.2) is 0 Å². The number of aromatic nitrogens is 2. The van der Waals surface area contributed by atoms with E-state index < -0.39 is 5.54 Å². The van der Waals surface area contributed by atoms with Gasteiger partial charge in [0.2, 0.25) is 0 Å². The van der Waals surface area contributed by atoms with E-state index in [-0.39, 0.29) is 5.82 Å². The predicted octanol–water partition coefficient (Wildman–Crippen LogP) is 3.50. The molecular weight excluding hydrogens is 241 g/mol. The molecule has 0 spiro atoms. The fraction of sp³-hybridized carbons (Fsp3) is 0.400. The van der Waals surface area contributed by atoms with Crippen LogP contribution < -0.4 is 5.73 Å². The Hall–Kier alpha value is -1.68. The maximum Gasteiger partial charge on any atom is 0.126 e. The zero-order chi connectivity index (χ0) is 14.0. The molecule has 0 bridgehead atoms. The van der Waals surface area contributed by atoms with Gasteiger partial charge < -0.3 is 10.7 Å². The molecular formula is C15H20FN3. The third-order valence-corrected chi connectivity index (χ3v) is 3.29. The van der Waals surface area contributed by atoms with E-state index in [0.717, 1.165) is 35.6 Å². The molecule has 0 aliphatic rings. The molecule has 1 aromatic carbocycles. The fourth-order valence-electron chi connectivity index (χ4n) is 2.29. The third-order valence-electron chi connectivity index (χ3n) is 3.29. The number of aryl methyl sites for hydroxylation is 1. The minimum absolute atomic E-state index is 0.259. The van der Waals surface area contributed by atoms with Crippen molar-refractivity contribution in [3.8, 4) is 11.3 Å². The van der Waals surface area contributed by atoms with Crippen LogP contribution in [-0.4, -0.2) is 9.97 Å². The molecule has 0 fully saturated rings. The summed E-state index contributed by atoms with van der Waals surface area (Å²) in [6.07, 6.45) is 1.84. The number of halogens is 1. The molecule has 1 heterocycles. The summed E-state index contributed by atoms with van der Waals surface area (Å²) in [5.41, 5.74) is 8.24. The smallest absolute Gasteiger partial charge is 0.126 e. The van der Waals surface area contributed by atoms with Gasteiger partial charge in [0.05, 0.1) is 11.2 Å². The second kappa shape index (κ2) is 5.13. The van der Waals surface area contributed by atoms with Crippen LogP contribution in [0.3, 0.4) is 0 Å². The monoisotopic (exact) mass is 261 g/mol. The lowest BCUT2D eigenvalue weighted by atomic mass is 9.97. The van der Waals surface area contributed by atoms with Gasteiger partial charge in [-0.25, -0.2) is 9.37 Å². The SMILES string of the molecule is CCCC(C)(N)c1nc(-c2cccc(F)c2)c(C)[nH]1. The van der Waals surface area contributed by atoms with Crippen molar-refractivity contribution in [3.63, 3.8) is 0 Å². The van der Waals surface area contributed by atoms with Crippen LogP contribution in [0.2, 0.25) is 0 Å². The summed E-state index contributed by atoms with van der Waals surface area (Å²) in [5.74, 6) is 0.497. The highest BCUT2D eigenvalue weighted by Crippen LogP contribution is 2.27. The zero-order valence-electron chi connectivity index (χ0n) is 11.6. The second-order valence-corrected chi connectivity index (χ2v) is 5.24. The molecule has 0 saturated carbocycles. The van der Waals surface area contributed by atoms with Crippen LogP contribution in [0.1, 0.15) is 38.2 Å². The van der Waals surface area contributed by atoms with Gasteiger partial charge >= 0.3 is 0 Å². The first kappa shape index (κ1) is 13.7. The lowest BCUT2D eigenvalue weighted by Crippen LogP contribution is -2.34. The number of hydrogen-bond donors (Lipinski definition) is 2. The van der Waals surface area contributed by atoms with E-state index in [4.69, 9.17) is 5.73 Å². The van der Waals surface area contributed by atoms with Gasteiger partial charge in [-0.05, 0) is 32.4 Å². The van der Waals surface area contributed by atoms with Crippen LogP contribution in [0.5, 0.6) is 0 Å². The summed E-state index contributed by atoms with van der Waals surface area (Å²) in [5, 5.41) is 0. The van der Waals surface area contributed by atoms with Crippen molar-refractivity contribution in [1.82, 2.24) is 9.97 Å². The standard InChI is InChI=1S/C15H20FN3/c1-4-8-15(3,17)14-18-10(2)13(19-14)11-6-5-7-12(16)9-11/h5-7,9H,4,8,17H2,1-3H3,(H,18,19). The van der Waals surface area contributed by atoms with Gasteiger partial charge in [0.25, 0.3) is 0 Å². The Morgan fingerprint density at radius 2 is 2.16 bits per heavy atom. The van der Waals surface area contributed by atoms with E-state index in [2.05, 4.69) is 16.9 Å². The Balaban J connectivity index is 2.42. The summed E-state index contributed by atoms with van der Waals surface area (Å²) in [4.78, 5) is 7.79. The molecule has 1 atom stereocenters. The maximum absolute atomic E-state index is 13.3. The molecule has 0 saturated heterocycles. The molecule has 0 aliphatic heterocycles. The topological polar surface area (TPSA) is 54.7 Å². The first-order valence-corrected chi connectivity index (χ1v) is 6.56.